The predicted molar refractivity (Wildman–Crippen MR) is 110 cm³/mol. The summed E-state index contributed by atoms with van der Waals surface area (Å²) in [5, 5.41) is 11.1. The lowest BCUT2D eigenvalue weighted by atomic mass is 10.0. The molecule has 4 rings (SSSR count). The van der Waals surface area contributed by atoms with Gasteiger partial charge in [0.05, 0.1) is 4.90 Å². The number of carbonyl (C=O) groups excluding carboxylic acids is 1. The molecule has 0 saturated carbocycles. The maximum atomic E-state index is 12.0. The maximum absolute atomic E-state index is 12.0. The number of fused-ring (bicyclic) bond motifs is 3. The molecule has 0 aliphatic heterocycles. The topological polar surface area (TPSA) is 123 Å². The molecular formula is C21H19N2O5S-. The molecule has 2 heterocycles. The molecule has 2 aromatic heterocycles. The molecule has 2 N–H and O–H groups in total. The van der Waals surface area contributed by atoms with Crippen LogP contribution < -0.4 is 10.7 Å². The molecular weight excluding hydrogens is 392 g/mol. The van der Waals surface area contributed by atoms with Gasteiger partial charge in [0, 0.05) is 34.7 Å². The molecule has 7 nitrogen and oxygen atoms in total. The van der Waals surface area contributed by atoms with Gasteiger partial charge >= 0.3 is 0 Å². The van der Waals surface area contributed by atoms with E-state index in [1.165, 1.54) is 13.2 Å². The van der Waals surface area contributed by atoms with E-state index in [0.29, 0.717) is 10.4 Å². The first-order valence-corrected chi connectivity index (χ1v) is 10.7. The van der Waals surface area contributed by atoms with Crippen LogP contribution in [-0.2, 0) is 14.6 Å². The third-order valence-corrected chi connectivity index (χ3v) is 5.56. The van der Waals surface area contributed by atoms with Crippen molar-refractivity contribution in [2.45, 2.75) is 18.2 Å². The summed E-state index contributed by atoms with van der Waals surface area (Å²) in [5.74, 6) is -0.995. The Morgan fingerprint density at radius 3 is 2.21 bits per heavy atom. The van der Waals surface area contributed by atoms with Crippen molar-refractivity contribution in [1.82, 2.24) is 9.97 Å². The summed E-state index contributed by atoms with van der Waals surface area (Å²) in [4.78, 5) is 27.4. The van der Waals surface area contributed by atoms with Crippen molar-refractivity contribution >= 4 is 37.6 Å². The van der Waals surface area contributed by atoms with Crippen molar-refractivity contribution in [3.05, 3.63) is 65.1 Å². The second-order valence-electron chi connectivity index (χ2n) is 6.50. The summed E-state index contributed by atoms with van der Waals surface area (Å²) >= 11 is 0. The Morgan fingerprint density at radius 2 is 1.62 bits per heavy atom. The van der Waals surface area contributed by atoms with Gasteiger partial charge in [0.2, 0.25) is 0 Å². The average molecular weight is 411 g/mol. The molecule has 0 aliphatic carbocycles. The number of H-pyrrole nitrogens is 2. The first-order valence-electron chi connectivity index (χ1n) is 8.84. The monoisotopic (exact) mass is 411 g/mol. The number of hydrogen-bond acceptors (Lipinski definition) is 5. The fourth-order valence-electron chi connectivity index (χ4n) is 2.92. The SMILES string of the molecule is CCC(=O)[O-].CS(=O)(=O)c1ccc(-c2ccc3[nH]c(=O)c4[nH]ccc4c3c2)cc1. The van der Waals surface area contributed by atoms with Gasteiger partial charge in [-0.25, -0.2) is 8.42 Å². The third-order valence-electron chi connectivity index (χ3n) is 4.44. The van der Waals surface area contributed by atoms with Crippen molar-refractivity contribution in [2.75, 3.05) is 6.26 Å². The van der Waals surface area contributed by atoms with E-state index in [1.54, 1.807) is 30.5 Å². The Kier molecular flexibility index (Phi) is 5.56. The minimum Gasteiger partial charge on any atom is -0.550 e. The molecule has 0 unspecified atom stereocenters. The van der Waals surface area contributed by atoms with Crippen LogP contribution in [0.25, 0.3) is 32.9 Å². The first-order chi connectivity index (χ1) is 13.7. The van der Waals surface area contributed by atoms with E-state index >= 15 is 0 Å². The highest BCUT2D eigenvalue weighted by atomic mass is 32.2. The van der Waals surface area contributed by atoms with Gasteiger partial charge in [-0.2, -0.15) is 0 Å². The van der Waals surface area contributed by atoms with Crippen LogP contribution in [0, 0.1) is 0 Å². The van der Waals surface area contributed by atoms with Crippen LogP contribution in [0.2, 0.25) is 0 Å². The molecule has 8 heteroatoms. The minimum atomic E-state index is -3.21. The second kappa shape index (κ2) is 7.92. The zero-order chi connectivity index (χ0) is 21.2. The molecule has 0 fully saturated rings. The number of pyridine rings is 1. The molecule has 0 radical (unpaired) electrons. The summed E-state index contributed by atoms with van der Waals surface area (Å²) in [6, 6.07) is 14.4. The molecule has 0 amide bonds. The molecule has 29 heavy (non-hydrogen) atoms. The van der Waals surface area contributed by atoms with E-state index < -0.39 is 15.8 Å². The number of benzene rings is 2. The van der Waals surface area contributed by atoms with Crippen molar-refractivity contribution in [3.63, 3.8) is 0 Å². The van der Waals surface area contributed by atoms with Crippen LogP contribution in [0.1, 0.15) is 13.3 Å². The van der Waals surface area contributed by atoms with Crippen LogP contribution in [0.3, 0.4) is 0 Å². The van der Waals surface area contributed by atoms with Crippen molar-refractivity contribution in [2.24, 2.45) is 0 Å². The Balaban J connectivity index is 0.000000431. The zero-order valence-corrected chi connectivity index (χ0v) is 16.7. The molecule has 2 aromatic carbocycles. The number of hydrogen-bond donors (Lipinski definition) is 2. The summed E-state index contributed by atoms with van der Waals surface area (Å²) in [6.45, 7) is 1.54. The standard InChI is InChI=1S/C18H14N2O3S.C3H6O2/c1-24(22,23)13-5-2-11(3-6-13)12-4-7-16-15(10-12)14-8-9-19-17(14)18(21)20-16;1-2-3(4)5/h2-10,19H,1H3,(H,20,21);2H2,1H3,(H,4,5)/p-1. The quantitative estimate of drug-likeness (QED) is 0.535. The van der Waals surface area contributed by atoms with Gasteiger partial charge in [-0.1, -0.05) is 25.1 Å². The molecule has 0 aliphatic rings. The van der Waals surface area contributed by atoms with Crippen LogP contribution >= 0.6 is 0 Å². The number of aliphatic carboxylic acids is 1. The summed E-state index contributed by atoms with van der Waals surface area (Å²) in [5.41, 5.74) is 3.04. The van der Waals surface area contributed by atoms with Gasteiger partial charge in [0.25, 0.3) is 5.56 Å². The number of sulfone groups is 1. The fraction of sp³-hybridized carbons (Fsp3) is 0.143. The lowest BCUT2D eigenvalue weighted by Gasteiger charge is -2.06. The smallest absolute Gasteiger partial charge is 0.272 e. The van der Waals surface area contributed by atoms with E-state index in [4.69, 9.17) is 0 Å². The highest BCUT2D eigenvalue weighted by Gasteiger charge is 2.09. The van der Waals surface area contributed by atoms with Gasteiger partial charge in [0.15, 0.2) is 9.84 Å². The van der Waals surface area contributed by atoms with Crippen molar-refractivity contribution in [3.8, 4) is 11.1 Å². The predicted octanol–water partition coefficient (Wildman–Crippen LogP) is 2.23. The number of carboxylic acid groups (broad SMARTS) is 1. The number of rotatable bonds is 3. The molecule has 0 spiro atoms. The van der Waals surface area contributed by atoms with Gasteiger partial charge < -0.3 is 19.9 Å². The molecule has 150 valence electrons. The van der Waals surface area contributed by atoms with Gasteiger partial charge in [-0.15, -0.1) is 0 Å². The van der Waals surface area contributed by atoms with Crippen LogP contribution in [-0.4, -0.2) is 30.6 Å². The largest absolute Gasteiger partial charge is 0.550 e. The Morgan fingerprint density at radius 1 is 1.00 bits per heavy atom. The summed E-state index contributed by atoms with van der Waals surface area (Å²) in [7, 11) is -3.21. The van der Waals surface area contributed by atoms with E-state index in [0.717, 1.165) is 27.4 Å². The minimum absolute atomic E-state index is 0.111. The molecule has 0 bridgehead atoms. The highest BCUT2D eigenvalue weighted by molar-refractivity contribution is 7.90. The van der Waals surface area contributed by atoms with Gasteiger partial charge in [-0.3, -0.25) is 4.79 Å². The van der Waals surface area contributed by atoms with Gasteiger partial charge in [-0.05, 0) is 47.9 Å². The highest BCUT2D eigenvalue weighted by Crippen LogP contribution is 2.27. The second-order valence-corrected chi connectivity index (χ2v) is 8.52. The summed E-state index contributed by atoms with van der Waals surface area (Å²) < 4.78 is 23.1. The third kappa shape index (κ3) is 4.38. The number of carboxylic acids is 1. The fourth-order valence-corrected chi connectivity index (χ4v) is 3.55. The van der Waals surface area contributed by atoms with Crippen molar-refractivity contribution < 1.29 is 18.3 Å². The first kappa shape index (κ1) is 20.3. The van der Waals surface area contributed by atoms with E-state index in [2.05, 4.69) is 9.97 Å². The van der Waals surface area contributed by atoms with E-state index in [-0.39, 0.29) is 12.0 Å². The Labute approximate surface area is 166 Å². The molecule has 0 saturated heterocycles. The lowest BCUT2D eigenvalue weighted by Crippen LogP contribution is -2.19. The van der Waals surface area contributed by atoms with Crippen LogP contribution in [0.15, 0.2) is 64.4 Å². The number of aromatic amines is 2. The van der Waals surface area contributed by atoms with Crippen LogP contribution in [0.4, 0.5) is 0 Å². The number of nitrogens with one attached hydrogen (secondary N) is 2. The van der Waals surface area contributed by atoms with Crippen molar-refractivity contribution in [1.29, 1.82) is 0 Å². The number of carbonyl (C=O) groups is 1. The average Bonchev–Trinajstić information content (AvgIpc) is 3.19. The summed E-state index contributed by atoms with van der Waals surface area (Å²) in [6.07, 6.45) is 3.05. The van der Waals surface area contributed by atoms with Gasteiger partial charge in [0.1, 0.15) is 5.52 Å². The number of aromatic nitrogens is 2. The Bertz CT molecular complexity index is 1350. The normalized spacial score (nSPS) is 11.2. The van der Waals surface area contributed by atoms with E-state index in [9.17, 15) is 23.1 Å². The molecule has 4 aromatic rings. The zero-order valence-electron chi connectivity index (χ0n) is 15.9. The maximum Gasteiger partial charge on any atom is 0.272 e. The van der Waals surface area contributed by atoms with Crippen LogP contribution in [0.5, 0.6) is 0 Å². The lowest BCUT2D eigenvalue weighted by molar-refractivity contribution is -0.305. The molecule has 0 atom stereocenters. The van der Waals surface area contributed by atoms with E-state index in [1.807, 2.05) is 24.3 Å². The Hall–Kier alpha value is -3.39.